The Balaban J connectivity index is 1.50. The van der Waals surface area contributed by atoms with Gasteiger partial charge in [-0.15, -0.1) is 0 Å². The van der Waals surface area contributed by atoms with E-state index in [-0.39, 0.29) is 39.7 Å². The molecular weight excluding hydrogens is 460 g/mol. The van der Waals surface area contributed by atoms with Gasteiger partial charge in [-0.05, 0) is 117 Å². The number of fused-ring (bicyclic) bond motifs is 7. The van der Waals surface area contributed by atoms with Crippen LogP contribution in [-0.2, 0) is 14.3 Å². The lowest BCUT2D eigenvalue weighted by molar-refractivity contribution is -0.250. The molecule has 1 unspecified atom stereocenters. The Bertz CT molecular complexity index is 983. The van der Waals surface area contributed by atoms with Crippen molar-refractivity contribution in [3.63, 3.8) is 0 Å². The summed E-state index contributed by atoms with van der Waals surface area (Å²) in [4.78, 5) is 25.1. The molecule has 0 saturated heterocycles. The number of hydrogen-bond donors (Lipinski definition) is 1. The largest absolute Gasteiger partial charge is 0.481 e. The van der Waals surface area contributed by atoms with E-state index in [2.05, 4.69) is 48.1 Å². The van der Waals surface area contributed by atoms with Crippen molar-refractivity contribution in [1.82, 2.24) is 0 Å². The van der Waals surface area contributed by atoms with E-state index in [0.29, 0.717) is 30.1 Å². The Morgan fingerprint density at radius 2 is 1.57 bits per heavy atom. The molecule has 5 rings (SSSR count). The summed E-state index contributed by atoms with van der Waals surface area (Å²) in [5, 5.41) is 10.6. The number of rotatable bonds is 4. The van der Waals surface area contributed by atoms with Crippen LogP contribution >= 0.6 is 0 Å². The molecule has 0 amide bonds. The van der Waals surface area contributed by atoms with Crippen LogP contribution in [0.4, 0.5) is 0 Å². The quantitative estimate of drug-likeness (QED) is 0.306. The van der Waals surface area contributed by atoms with Gasteiger partial charge in [-0.25, -0.2) is 0 Å². The Morgan fingerprint density at radius 1 is 0.865 bits per heavy atom. The van der Waals surface area contributed by atoms with Gasteiger partial charge in [0.05, 0.1) is 5.41 Å². The van der Waals surface area contributed by atoms with Crippen LogP contribution in [0.5, 0.6) is 0 Å². The van der Waals surface area contributed by atoms with E-state index in [1.807, 2.05) is 6.92 Å². The average molecular weight is 513 g/mol. The zero-order valence-corrected chi connectivity index (χ0v) is 24.6. The monoisotopic (exact) mass is 512 g/mol. The highest BCUT2D eigenvalue weighted by molar-refractivity contribution is 5.76. The average Bonchev–Trinajstić information content (AvgIpc) is 3.23. The van der Waals surface area contributed by atoms with Gasteiger partial charge in [0.2, 0.25) is 0 Å². The van der Waals surface area contributed by atoms with Gasteiger partial charge in [0.25, 0.3) is 0 Å². The maximum atomic E-state index is 12.8. The third-order valence-electron chi connectivity index (χ3n) is 14.0. The zero-order valence-electron chi connectivity index (χ0n) is 24.6. The van der Waals surface area contributed by atoms with E-state index in [1.54, 1.807) is 0 Å². The molecule has 0 radical (unpaired) electrons. The molecule has 10 atom stereocenters. The molecule has 0 aliphatic heterocycles. The van der Waals surface area contributed by atoms with Gasteiger partial charge in [0, 0.05) is 11.8 Å². The fourth-order valence-electron chi connectivity index (χ4n) is 11.9. The number of carbonyl (C=O) groups is 2. The van der Waals surface area contributed by atoms with E-state index in [1.165, 1.54) is 24.8 Å². The smallest absolute Gasteiger partial charge is 0.309 e. The van der Waals surface area contributed by atoms with Crippen LogP contribution in [0, 0.1) is 56.7 Å². The molecule has 5 saturated carbocycles. The molecule has 5 aliphatic rings. The predicted octanol–water partition coefficient (Wildman–Crippen LogP) is 8.05. The van der Waals surface area contributed by atoms with Crippen molar-refractivity contribution in [3.8, 4) is 0 Å². The first-order chi connectivity index (χ1) is 17.2. The molecule has 0 heterocycles. The number of ether oxygens (including phenoxy) is 1. The lowest BCUT2D eigenvalue weighted by Crippen LogP contribution is -2.67. The fourth-order valence-corrected chi connectivity index (χ4v) is 11.9. The number of carbonyl (C=O) groups excluding carboxylic acids is 1. The Hall–Kier alpha value is -1.32. The summed E-state index contributed by atoms with van der Waals surface area (Å²) in [7, 11) is 0. The van der Waals surface area contributed by atoms with Gasteiger partial charge in [0.1, 0.15) is 6.10 Å². The number of esters is 1. The summed E-state index contributed by atoms with van der Waals surface area (Å²) in [6, 6.07) is 0. The van der Waals surface area contributed by atoms with Gasteiger partial charge in [0.15, 0.2) is 0 Å². The third-order valence-corrected chi connectivity index (χ3v) is 14.0. The molecule has 5 aliphatic carbocycles. The first-order valence-corrected chi connectivity index (χ1v) is 15.3. The predicted molar refractivity (Wildman–Crippen MR) is 147 cm³/mol. The molecule has 0 aromatic rings. The van der Waals surface area contributed by atoms with Crippen LogP contribution < -0.4 is 0 Å². The van der Waals surface area contributed by atoms with Crippen LogP contribution in [0.2, 0.25) is 0 Å². The molecule has 0 aromatic carbocycles. The summed E-state index contributed by atoms with van der Waals surface area (Å²) in [5.41, 5.74) is 1.20. The normalized spacial score (nSPS) is 50.1. The van der Waals surface area contributed by atoms with Crippen molar-refractivity contribution >= 4 is 11.9 Å². The fraction of sp³-hybridized carbons (Fsp3) is 0.879. The number of allylic oxidation sites excluding steroid dienone is 1. The lowest BCUT2D eigenvalue weighted by Gasteiger charge is -2.72. The minimum absolute atomic E-state index is 0.00924. The Kier molecular flexibility index (Phi) is 6.33. The van der Waals surface area contributed by atoms with Crippen LogP contribution in [0.15, 0.2) is 12.2 Å². The maximum absolute atomic E-state index is 12.8. The van der Waals surface area contributed by atoms with Crippen molar-refractivity contribution in [3.05, 3.63) is 12.2 Å². The zero-order chi connectivity index (χ0) is 27.2. The molecule has 0 bridgehead atoms. The van der Waals surface area contributed by atoms with Gasteiger partial charge < -0.3 is 9.84 Å². The van der Waals surface area contributed by atoms with Gasteiger partial charge in [-0.3, -0.25) is 9.59 Å². The second-order valence-electron chi connectivity index (χ2n) is 15.3. The molecule has 1 N–H and O–H groups in total. The Morgan fingerprint density at radius 3 is 2.19 bits per heavy atom. The van der Waals surface area contributed by atoms with Crippen LogP contribution in [0.25, 0.3) is 0 Å². The summed E-state index contributed by atoms with van der Waals surface area (Å²) < 4.78 is 6.03. The molecule has 37 heavy (non-hydrogen) atoms. The molecule has 4 heteroatoms. The SMILES string of the molecule is C=C(C)[C@@H]1CCC2(C(=O)O)CC[C@]3(C)[C@H](CC[C@@H]4[C@@]5(C)CC[C@H](OC(=O)CC)C(C)(C)[C@@H]5CC[C@]43C)[C@@H]12. The van der Waals surface area contributed by atoms with E-state index in [4.69, 9.17) is 4.74 Å². The van der Waals surface area contributed by atoms with E-state index in [9.17, 15) is 14.7 Å². The lowest BCUT2D eigenvalue weighted by atomic mass is 9.32. The van der Waals surface area contributed by atoms with E-state index >= 15 is 0 Å². The van der Waals surface area contributed by atoms with Crippen LogP contribution in [-0.4, -0.2) is 23.1 Å². The number of aliphatic carboxylic acids is 1. The minimum atomic E-state index is -0.554. The topological polar surface area (TPSA) is 63.6 Å². The van der Waals surface area contributed by atoms with Crippen LogP contribution in [0.3, 0.4) is 0 Å². The molecular formula is C33H52O4. The minimum Gasteiger partial charge on any atom is -0.481 e. The molecule has 0 aromatic heterocycles. The maximum Gasteiger partial charge on any atom is 0.309 e. The van der Waals surface area contributed by atoms with Gasteiger partial charge in [-0.1, -0.05) is 53.7 Å². The number of carboxylic acid groups (broad SMARTS) is 1. The highest BCUT2D eigenvalue weighted by Crippen LogP contribution is 2.77. The molecule has 5 fully saturated rings. The second-order valence-corrected chi connectivity index (χ2v) is 15.3. The number of hydrogen-bond acceptors (Lipinski definition) is 3. The van der Waals surface area contributed by atoms with Crippen molar-refractivity contribution in [2.75, 3.05) is 0 Å². The first kappa shape index (κ1) is 27.3. The summed E-state index contributed by atoms with van der Waals surface area (Å²) >= 11 is 0. The molecule has 0 spiro atoms. The highest BCUT2D eigenvalue weighted by Gasteiger charge is 2.72. The summed E-state index contributed by atoms with van der Waals surface area (Å²) in [5.74, 6) is 1.58. The van der Waals surface area contributed by atoms with Crippen molar-refractivity contribution in [2.45, 2.75) is 125 Å². The van der Waals surface area contributed by atoms with Crippen LogP contribution in [0.1, 0.15) is 119 Å². The Labute approximate surface area is 225 Å². The van der Waals surface area contributed by atoms with Gasteiger partial charge in [-0.2, -0.15) is 0 Å². The van der Waals surface area contributed by atoms with E-state index < -0.39 is 11.4 Å². The molecule has 4 nitrogen and oxygen atoms in total. The summed E-state index contributed by atoms with van der Waals surface area (Å²) in [6.07, 6.45) is 10.9. The third kappa shape index (κ3) is 3.45. The van der Waals surface area contributed by atoms with Crippen molar-refractivity contribution < 1.29 is 19.4 Å². The second kappa shape index (κ2) is 8.59. The first-order valence-electron chi connectivity index (χ1n) is 15.3. The summed E-state index contributed by atoms with van der Waals surface area (Å²) in [6.45, 7) is 20.8. The number of carboxylic acids is 1. The van der Waals surface area contributed by atoms with Gasteiger partial charge >= 0.3 is 11.9 Å². The standard InChI is InChI=1S/C33H52O4/c1-9-26(34)37-25-14-15-30(6)23(29(25,4)5)13-16-32(8)24(30)11-10-22-27-21(20(2)3)12-17-33(27,28(35)36)19-18-31(22,32)7/h21-25,27H,2,9-19H2,1,3-8H3,(H,35,36)/t21-,22+,23-,24+,25-,27+,30-,31+,32+,33?/m0/s1. The van der Waals surface area contributed by atoms with Crippen molar-refractivity contribution in [1.29, 1.82) is 0 Å². The van der Waals surface area contributed by atoms with Crippen molar-refractivity contribution in [2.24, 2.45) is 56.7 Å². The highest BCUT2D eigenvalue weighted by atomic mass is 16.5. The van der Waals surface area contributed by atoms with E-state index in [0.717, 1.165) is 44.9 Å². The molecule has 208 valence electrons.